The SMILES string of the molecule is CCCNc1nc(I)nc2c1ncn2C1OC(COC(C)=O)C(OC(C)=O)C1OC(C)=O. The van der Waals surface area contributed by atoms with Gasteiger partial charge in [0.15, 0.2) is 39.2 Å². The monoisotopic (exact) mass is 561 g/mol. The number of aromatic nitrogens is 4. The van der Waals surface area contributed by atoms with Crippen LogP contribution in [0.1, 0.15) is 40.3 Å². The maximum absolute atomic E-state index is 11.8. The lowest BCUT2D eigenvalue weighted by molar-refractivity contribution is -0.166. The van der Waals surface area contributed by atoms with Crippen molar-refractivity contribution in [3.63, 3.8) is 0 Å². The molecule has 4 atom stereocenters. The number of nitrogens with zero attached hydrogens (tertiary/aromatic N) is 4. The summed E-state index contributed by atoms with van der Waals surface area (Å²) in [4.78, 5) is 48.2. The molecule has 0 amide bonds. The first kappa shape index (κ1) is 24.1. The second-order valence-corrected chi connectivity index (χ2v) is 8.07. The summed E-state index contributed by atoms with van der Waals surface area (Å²) in [5.41, 5.74) is 0.955. The molecule has 0 spiro atoms. The number of fused-ring (bicyclic) bond motifs is 1. The highest BCUT2D eigenvalue weighted by atomic mass is 127. The maximum Gasteiger partial charge on any atom is 0.303 e. The van der Waals surface area contributed by atoms with Crippen molar-refractivity contribution in [3.8, 4) is 0 Å². The number of halogens is 1. The van der Waals surface area contributed by atoms with E-state index in [1.54, 1.807) is 4.57 Å². The molecule has 0 bridgehead atoms. The summed E-state index contributed by atoms with van der Waals surface area (Å²) < 4.78 is 24.1. The number of imidazole rings is 1. The predicted octanol–water partition coefficient (Wildman–Crippen LogP) is 1.58. The molecule has 3 heterocycles. The van der Waals surface area contributed by atoms with Gasteiger partial charge in [-0.25, -0.2) is 15.0 Å². The first-order valence-electron chi connectivity index (χ1n) is 9.98. The van der Waals surface area contributed by atoms with E-state index in [2.05, 4.69) is 20.3 Å². The van der Waals surface area contributed by atoms with Crippen molar-refractivity contribution in [2.75, 3.05) is 18.5 Å². The van der Waals surface area contributed by atoms with Gasteiger partial charge in [0, 0.05) is 49.9 Å². The van der Waals surface area contributed by atoms with Crippen LogP contribution in [0.15, 0.2) is 6.33 Å². The maximum atomic E-state index is 11.8. The Morgan fingerprint density at radius 3 is 2.44 bits per heavy atom. The van der Waals surface area contributed by atoms with E-state index < -0.39 is 42.4 Å². The van der Waals surface area contributed by atoms with E-state index in [9.17, 15) is 14.4 Å². The molecule has 0 radical (unpaired) electrons. The van der Waals surface area contributed by atoms with Gasteiger partial charge in [-0.3, -0.25) is 19.0 Å². The Labute approximate surface area is 197 Å². The fourth-order valence-electron chi connectivity index (χ4n) is 3.36. The van der Waals surface area contributed by atoms with Gasteiger partial charge in [0.2, 0.25) is 0 Å². The molecule has 1 aliphatic rings. The number of esters is 3. The molecule has 2 aromatic rings. The van der Waals surface area contributed by atoms with Gasteiger partial charge in [-0.05, 0) is 6.42 Å². The molecule has 174 valence electrons. The van der Waals surface area contributed by atoms with Gasteiger partial charge in [0.25, 0.3) is 0 Å². The Bertz CT molecular complexity index is 1010. The number of carbonyl (C=O) groups is 3. The van der Waals surface area contributed by atoms with E-state index in [4.69, 9.17) is 18.9 Å². The lowest BCUT2D eigenvalue weighted by Gasteiger charge is -2.23. The first-order valence-corrected chi connectivity index (χ1v) is 11.1. The zero-order valence-corrected chi connectivity index (χ0v) is 20.2. The van der Waals surface area contributed by atoms with Crippen molar-refractivity contribution in [2.45, 2.75) is 58.7 Å². The van der Waals surface area contributed by atoms with Crippen molar-refractivity contribution < 1.29 is 33.3 Å². The van der Waals surface area contributed by atoms with Crippen LogP contribution in [-0.4, -0.2) is 68.9 Å². The zero-order valence-electron chi connectivity index (χ0n) is 18.0. The molecule has 2 aromatic heterocycles. The highest BCUT2D eigenvalue weighted by Crippen LogP contribution is 2.36. The summed E-state index contributed by atoms with van der Waals surface area (Å²) in [6.45, 7) is 6.27. The summed E-state index contributed by atoms with van der Waals surface area (Å²) >= 11 is 2.00. The second-order valence-electron chi connectivity index (χ2n) is 7.11. The Morgan fingerprint density at radius 2 is 1.81 bits per heavy atom. The van der Waals surface area contributed by atoms with Gasteiger partial charge in [-0.1, -0.05) is 6.92 Å². The van der Waals surface area contributed by atoms with Gasteiger partial charge in [-0.2, -0.15) is 0 Å². The van der Waals surface area contributed by atoms with E-state index in [1.165, 1.54) is 27.1 Å². The fourth-order valence-corrected chi connectivity index (χ4v) is 3.83. The second kappa shape index (κ2) is 10.4. The van der Waals surface area contributed by atoms with E-state index in [0.29, 0.717) is 27.4 Å². The third kappa shape index (κ3) is 5.43. The van der Waals surface area contributed by atoms with Gasteiger partial charge in [0.1, 0.15) is 12.7 Å². The number of hydrogen-bond donors (Lipinski definition) is 1. The van der Waals surface area contributed by atoms with Crippen LogP contribution in [-0.2, 0) is 33.3 Å². The van der Waals surface area contributed by atoms with Crippen LogP contribution in [0.2, 0.25) is 0 Å². The molecule has 12 nitrogen and oxygen atoms in total. The van der Waals surface area contributed by atoms with E-state index in [1.807, 2.05) is 29.5 Å². The summed E-state index contributed by atoms with van der Waals surface area (Å²) in [5.74, 6) is -1.14. The molecule has 1 fully saturated rings. The minimum Gasteiger partial charge on any atom is -0.463 e. The molecule has 1 aliphatic heterocycles. The van der Waals surface area contributed by atoms with Gasteiger partial charge in [-0.15, -0.1) is 0 Å². The number of anilines is 1. The van der Waals surface area contributed by atoms with Gasteiger partial charge >= 0.3 is 17.9 Å². The Morgan fingerprint density at radius 1 is 1.12 bits per heavy atom. The highest BCUT2D eigenvalue weighted by molar-refractivity contribution is 14.1. The largest absolute Gasteiger partial charge is 0.463 e. The summed E-state index contributed by atoms with van der Waals surface area (Å²) in [6.07, 6.45) is -1.44. The van der Waals surface area contributed by atoms with Crippen LogP contribution in [0, 0.1) is 3.83 Å². The van der Waals surface area contributed by atoms with Crippen molar-refractivity contribution in [2.24, 2.45) is 0 Å². The van der Waals surface area contributed by atoms with Crippen LogP contribution < -0.4 is 5.32 Å². The topological polar surface area (TPSA) is 144 Å². The molecule has 32 heavy (non-hydrogen) atoms. The van der Waals surface area contributed by atoms with Crippen LogP contribution in [0.3, 0.4) is 0 Å². The number of nitrogens with one attached hydrogen (secondary N) is 1. The molecule has 0 saturated carbocycles. The third-order valence-electron chi connectivity index (χ3n) is 4.55. The van der Waals surface area contributed by atoms with Crippen LogP contribution in [0.4, 0.5) is 5.82 Å². The average molecular weight is 561 g/mol. The smallest absolute Gasteiger partial charge is 0.303 e. The molecular weight excluding hydrogens is 537 g/mol. The molecule has 4 unspecified atom stereocenters. The average Bonchev–Trinajstić information content (AvgIpc) is 3.25. The lowest BCUT2D eigenvalue weighted by Crippen LogP contribution is -2.40. The molecule has 3 rings (SSSR count). The van der Waals surface area contributed by atoms with Crippen LogP contribution >= 0.6 is 22.6 Å². The van der Waals surface area contributed by atoms with Gasteiger partial charge < -0.3 is 24.3 Å². The molecule has 13 heteroatoms. The minimum atomic E-state index is -1.02. The fraction of sp³-hybridized carbons (Fsp3) is 0.579. The number of hydrogen-bond acceptors (Lipinski definition) is 11. The minimum absolute atomic E-state index is 0.190. The lowest BCUT2D eigenvalue weighted by atomic mass is 10.1. The zero-order chi connectivity index (χ0) is 23.4. The highest BCUT2D eigenvalue weighted by Gasteiger charge is 2.51. The van der Waals surface area contributed by atoms with Crippen molar-refractivity contribution in [1.29, 1.82) is 0 Å². The number of rotatable bonds is 8. The number of carbonyl (C=O) groups excluding carboxylic acids is 3. The third-order valence-corrected chi connectivity index (χ3v) is 5.03. The quantitative estimate of drug-likeness (QED) is 0.217. The normalized spacial score (nSPS) is 22.5. The molecule has 0 aromatic carbocycles. The summed E-state index contributed by atoms with van der Waals surface area (Å²) in [5, 5.41) is 3.22. The standard InChI is InChI=1S/C19H24IN5O7/c1-5-6-21-16-13-17(24-19(20)23-16)25(8-22-13)18-15(31-11(4)28)14(30-10(3)27)12(32-18)7-29-9(2)26/h8,12,14-15,18H,5-7H2,1-4H3,(H,21,23,24). The molecular formula is C19H24IN5O7. The molecule has 0 aliphatic carbocycles. The van der Waals surface area contributed by atoms with Crippen LogP contribution in [0.25, 0.3) is 11.2 Å². The van der Waals surface area contributed by atoms with Crippen LogP contribution in [0.5, 0.6) is 0 Å². The number of ether oxygens (including phenoxy) is 4. The van der Waals surface area contributed by atoms with E-state index in [-0.39, 0.29) is 6.61 Å². The summed E-state index contributed by atoms with van der Waals surface area (Å²) in [7, 11) is 0. The Kier molecular flexibility index (Phi) is 7.82. The summed E-state index contributed by atoms with van der Waals surface area (Å²) in [6, 6.07) is 0. The van der Waals surface area contributed by atoms with Crippen molar-refractivity contribution in [1.82, 2.24) is 19.5 Å². The van der Waals surface area contributed by atoms with E-state index in [0.717, 1.165) is 6.42 Å². The molecule has 1 saturated heterocycles. The van der Waals surface area contributed by atoms with E-state index >= 15 is 0 Å². The Balaban J connectivity index is 2.04. The Hall–Kier alpha value is -2.55. The van der Waals surface area contributed by atoms with Crippen molar-refractivity contribution >= 4 is 57.5 Å². The predicted molar refractivity (Wildman–Crippen MR) is 118 cm³/mol. The molecule has 1 N–H and O–H groups in total. The first-order chi connectivity index (χ1) is 15.2. The van der Waals surface area contributed by atoms with Gasteiger partial charge in [0.05, 0.1) is 6.33 Å². The van der Waals surface area contributed by atoms with Crippen molar-refractivity contribution in [3.05, 3.63) is 10.2 Å².